The number of hydrogen-bond donors (Lipinski definition) is 2. The molecular formula is C20H19FN2O5S. The maximum atomic E-state index is 13.1. The zero-order valence-electron chi connectivity index (χ0n) is 15.5. The standard InChI is InChI=1S/C20H19FN2O5S/c1-2-28-19(24)17-16(12-29(26,27)15-10-8-14(21)9-11-15)22-20(25)23-18(17)13-6-4-3-5-7-13/h3-11,18H,2,12H2,1H3,(H2,22,23,25)/t18-/m0/s1. The Morgan fingerprint density at radius 2 is 1.76 bits per heavy atom. The summed E-state index contributed by atoms with van der Waals surface area (Å²) in [5.41, 5.74) is 0.524. The van der Waals surface area contributed by atoms with Crippen LogP contribution in [0.4, 0.5) is 9.18 Å². The van der Waals surface area contributed by atoms with Gasteiger partial charge in [-0.1, -0.05) is 30.3 Å². The lowest BCUT2D eigenvalue weighted by Gasteiger charge is -2.29. The van der Waals surface area contributed by atoms with Crippen LogP contribution in [0.3, 0.4) is 0 Å². The third kappa shape index (κ3) is 4.62. The summed E-state index contributed by atoms with van der Waals surface area (Å²) in [6, 6.07) is 11.5. The maximum Gasteiger partial charge on any atom is 0.338 e. The van der Waals surface area contributed by atoms with Crippen LogP contribution in [-0.2, 0) is 19.4 Å². The number of rotatable bonds is 6. The zero-order chi connectivity index (χ0) is 21.0. The van der Waals surface area contributed by atoms with Crippen LogP contribution >= 0.6 is 0 Å². The van der Waals surface area contributed by atoms with Gasteiger partial charge in [-0.3, -0.25) is 0 Å². The van der Waals surface area contributed by atoms with Crippen molar-refractivity contribution in [3.8, 4) is 0 Å². The fourth-order valence-electron chi connectivity index (χ4n) is 2.99. The molecule has 9 heteroatoms. The van der Waals surface area contributed by atoms with Crippen molar-refractivity contribution in [3.63, 3.8) is 0 Å². The number of carbonyl (C=O) groups excluding carboxylic acids is 2. The first-order valence-electron chi connectivity index (χ1n) is 8.82. The molecule has 152 valence electrons. The quantitative estimate of drug-likeness (QED) is 0.554. The number of hydrogen-bond acceptors (Lipinski definition) is 5. The molecule has 1 atom stereocenters. The van der Waals surface area contributed by atoms with E-state index in [1.807, 2.05) is 0 Å². The Hall–Kier alpha value is -3.20. The van der Waals surface area contributed by atoms with Crippen molar-refractivity contribution in [2.24, 2.45) is 0 Å². The average Bonchev–Trinajstić information content (AvgIpc) is 2.68. The number of esters is 1. The van der Waals surface area contributed by atoms with Crippen molar-refractivity contribution in [2.45, 2.75) is 17.9 Å². The fraction of sp³-hybridized carbons (Fsp3) is 0.200. The second-order valence-electron chi connectivity index (χ2n) is 6.27. The minimum Gasteiger partial charge on any atom is -0.463 e. The molecule has 0 aromatic heterocycles. The van der Waals surface area contributed by atoms with E-state index in [2.05, 4.69) is 10.6 Å². The third-order valence-electron chi connectivity index (χ3n) is 4.29. The van der Waals surface area contributed by atoms with Crippen LogP contribution in [-0.4, -0.2) is 32.8 Å². The lowest BCUT2D eigenvalue weighted by molar-refractivity contribution is -0.139. The molecule has 0 fully saturated rings. The molecule has 0 unspecified atom stereocenters. The van der Waals surface area contributed by atoms with Gasteiger partial charge in [-0.15, -0.1) is 0 Å². The van der Waals surface area contributed by atoms with Gasteiger partial charge >= 0.3 is 12.0 Å². The number of urea groups is 1. The summed E-state index contributed by atoms with van der Waals surface area (Å²) in [7, 11) is -3.96. The Labute approximate surface area is 167 Å². The lowest BCUT2D eigenvalue weighted by Crippen LogP contribution is -2.47. The van der Waals surface area contributed by atoms with Crippen molar-refractivity contribution >= 4 is 21.8 Å². The monoisotopic (exact) mass is 418 g/mol. The molecule has 0 bridgehead atoms. The van der Waals surface area contributed by atoms with E-state index in [4.69, 9.17) is 4.74 Å². The Kier molecular flexibility index (Phi) is 5.97. The number of halogens is 1. The van der Waals surface area contributed by atoms with E-state index >= 15 is 0 Å². The molecule has 1 aliphatic heterocycles. The van der Waals surface area contributed by atoms with Crippen LogP contribution in [0.1, 0.15) is 18.5 Å². The summed E-state index contributed by atoms with van der Waals surface area (Å²) in [5, 5.41) is 5.05. The summed E-state index contributed by atoms with van der Waals surface area (Å²) in [6.07, 6.45) is 0. The number of ether oxygens (including phenoxy) is 1. The Bertz CT molecular complexity index is 1050. The number of sulfone groups is 1. The largest absolute Gasteiger partial charge is 0.463 e. The minimum atomic E-state index is -3.96. The lowest BCUT2D eigenvalue weighted by atomic mass is 9.95. The predicted octanol–water partition coefficient (Wildman–Crippen LogP) is 2.47. The molecule has 2 aromatic rings. The molecule has 0 aliphatic carbocycles. The summed E-state index contributed by atoms with van der Waals surface area (Å²) in [6.45, 7) is 1.70. The van der Waals surface area contributed by atoms with Gasteiger partial charge in [0.2, 0.25) is 0 Å². The number of nitrogens with one attached hydrogen (secondary N) is 2. The van der Waals surface area contributed by atoms with E-state index in [0.717, 1.165) is 24.3 Å². The zero-order valence-corrected chi connectivity index (χ0v) is 16.3. The highest BCUT2D eigenvalue weighted by molar-refractivity contribution is 7.91. The van der Waals surface area contributed by atoms with Crippen molar-refractivity contribution in [3.05, 3.63) is 77.2 Å². The van der Waals surface area contributed by atoms with Crippen LogP contribution in [0.15, 0.2) is 70.8 Å². The van der Waals surface area contributed by atoms with E-state index in [1.54, 1.807) is 37.3 Å². The number of amides is 2. The summed E-state index contributed by atoms with van der Waals surface area (Å²) in [4.78, 5) is 24.7. The number of carbonyl (C=O) groups is 2. The second kappa shape index (κ2) is 8.44. The highest BCUT2D eigenvalue weighted by Gasteiger charge is 2.35. The molecule has 0 saturated heterocycles. The van der Waals surface area contributed by atoms with Gasteiger partial charge in [-0.2, -0.15) is 0 Å². The molecule has 0 saturated carbocycles. The van der Waals surface area contributed by atoms with Gasteiger partial charge in [0, 0.05) is 5.70 Å². The van der Waals surface area contributed by atoms with Gasteiger partial charge in [-0.25, -0.2) is 22.4 Å². The fourth-order valence-corrected chi connectivity index (χ4v) is 4.32. The van der Waals surface area contributed by atoms with Crippen molar-refractivity contribution in [2.75, 3.05) is 12.4 Å². The van der Waals surface area contributed by atoms with E-state index < -0.39 is 39.4 Å². The summed E-state index contributed by atoms with van der Waals surface area (Å²) in [5.74, 6) is -1.96. The predicted molar refractivity (Wildman–Crippen MR) is 103 cm³/mol. The molecule has 0 spiro atoms. The van der Waals surface area contributed by atoms with E-state index in [9.17, 15) is 22.4 Å². The van der Waals surface area contributed by atoms with E-state index in [0.29, 0.717) is 5.56 Å². The van der Waals surface area contributed by atoms with Crippen molar-refractivity contribution in [1.82, 2.24) is 10.6 Å². The maximum absolute atomic E-state index is 13.1. The van der Waals surface area contributed by atoms with Crippen LogP contribution in [0.2, 0.25) is 0 Å². The van der Waals surface area contributed by atoms with Crippen molar-refractivity contribution in [1.29, 1.82) is 0 Å². The first-order chi connectivity index (χ1) is 13.8. The molecular weight excluding hydrogens is 399 g/mol. The first kappa shape index (κ1) is 20.5. The first-order valence-corrected chi connectivity index (χ1v) is 10.5. The molecule has 2 amide bonds. The van der Waals surface area contributed by atoms with E-state index in [-0.39, 0.29) is 22.8 Å². The molecule has 1 aliphatic rings. The Balaban J connectivity index is 2.08. The Morgan fingerprint density at radius 3 is 2.38 bits per heavy atom. The van der Waals surface area contributed by atoms with Crippen LogP contribution in [0.25, 0.3) is 0 Å². The number of benzene rings is 2. The van der Waals surface area contributed by atoms with Gasteiger partial charge in [0.05, 0.1) is 28.9 Å². The normalized spacial score (nSPS) is 16.8. The molecule has 0 radical (unpaired) electrons. The molecule has 1 heterocycles. The highest BCUT2D eigenvalue weighted by atomic mass is 32.2. The molecule has 3 rings (SSSR count). The molecule has 2 N–H and O–H groups in total. The summed E-state index contributed by atoms with van der Waals surface area (Å²) >= 11 is 0. The minimum absolute atomic E-state index is 0.00309. The summed E-state index contributed by atoms with van der Waals surface area (Å²) < 4.78 is 43.9. The average molecular weight is 418 g/mol. The van der Waals surface area contributed by atoms with Crippen LogP contribution in [0, 0.1) is 5.82 Å². The smallest absolute Gasteiger partial charge is 0.338 e. The molecule has 2 aromatic carbocycles. The molecule has 7 nitrogen and oxygen atoms in total. The van der Waals surface area contributed by atoms with Gasteiger partial charge in [0.15, 0.2) is 9.84 Å². The van der Waals surface area contributed by atoms with Gasteiger partial charge in [-0.05, 0) is 36.8 Å². The Morgan fingerprint density at radius 1 is 1.10 bits per heavy atom. The third-order valence-corrected chi connectivity index (χ3v) is 5.95. The van der Waals surface area contributed by atoms with Crippen molar-refractivity contribution < 1.29 is 27.1 Å². The highest BCUT2D eigenvalue weighted by Crippen LogP contribution is 2.29. The van der Waals surface area contributed by atoms with Gasteiger partial charge in [0.25, 0.3) is 0 Å². The SMILES string of the molecule is CCOC(=O)C1=C(CS(=O)(=O)c2ccc(F)cc2)NC(=O)N[C@H]1c1ccccc1. The second-order valence-corrected chi connectivity index (χ2v) is 8.26. The van der Waals surface area contributed by atoms with Crippen LogP contribution in [0.5, 0.6) is 0 Å². The van der Waals surface area contributed by atoms with Crippen LogP contribution < -0.4 is 10.6 Å². The van der Waals surface area contributed by atoms with E-state index in [1.165, 1.54) is 0 Å². The molecule has 29 heavy (non-hydrogen) atoms. The van der Waals surface area contributed by atoms with Gasteiger partial charge in [0.1, 0.15) is 5.82 Å². The van der Waals surface area contributed by atoms with Gasteiger partial charge < -0.3 is 15.4 Å². The topological polar surface area (TPSA) is 102 Å².